The molecule has 10 heteroatoms. The maximum atomic E-state index is 12.4. The number of primary amides is 1. The first-order chi connectivity index (χ1) is 12.5. The van der Waals surface area contributed by atoms with Gasteiger partial charge in [-0.1, -0.05) is 12.1 Å². The van der Waals surface area contributed by atoms with Gasteiger partial charge in [-0.25, -0.2) is 9.89 Å². The number of urea groups is 1. The number of nitrogens with zero attached hydrogens (tertiary/aromatic N) is 2. The van der Waals surface area contributed by atoms with Crippen LogP contribution in [0.5, 0.6) is 0 Å². The van der Waals surface area contributed by atoms with Gasteiger partial charge in [-0.2, -0.15) is 5.10 Å². The number of para-hydroxylation sites is 1. The molecule has 26 heavy (non-hydrogen) atoms. The Labute approximate surface area is 147 Å². The summed E-state index contributed by atoms with van der Waals surface area (Å²) in [6.45, 7) is 0.551. The lowest BCUT2D eigenvalue weighted by Gasteiger charge is -2.39. The molecule has 0 bridgehead atoms. The number of H-pyrrole nitrogens is 1. The number of nitrogens with one attached hydrogen (secondary N) is 3. The van der Waals surface area contributed by atoms with Gasteiger partial charge >= 0.3 is 6.03 Å². The molecule has 1 aromatic carbocycles. The summed E-state index contributed by atoms with van der Waals surface area (Å²) < 4.78 is 0. The summed E-state index contributed by atoms with van der Waals surface area (Å²) in [5.41, 5.74) is 5.10. The van der Waals surface area contributed by atoms with Crippen molar-refractivity contribution in [1.82, 2.24) is 20.4 Å². The van der Waals surface area contributed by atoms with Crippen molar-refractivity contribution in [3.05, 3.63) is 58.0 Å². The average molecular weight is 356 g/mol. The number of aromatic nitrogens is 2. The predicted octanol–water partition coefficient (Wildman–Crippen LogP) is -0.485. The third kappa shape index (κ3) is 3.53. The van der Waals surface area contributed by atoms with Crippen molar-refractivity contribution in [3.8, 4) is 0 Å². The average Bonchev–Trinajstić information content (AvgIpc) is 2.57. The number of carbonyl (C=O) groups is 3. The van der Waals surface area contributed by atoms with Gasteiger partial charge in [0, 0.05) is 19.3 Å². The maximum Gasteiger partial charge on any atom is 0.316 e. The van der Waals surface area contributed by atoms with E-state index in [0.29, 0.717) is 5.69 Å². The lowest BCUT2D eigenvalue weighted by molar-refractivity contribution is 0.0541. The summed E-state index contributed by atoms with van der Waals surface area (Å²) in [6.07, 6.45) is 1.33. The van der Waals surface area contributed by atoms with Crippen LogP contribution in [0.4, 0.5) is 10.5 Å². The van der Waals surface area contributed by atoms with Gasteiger partial charge in [-0.3, -0.25) is 14.4 Å². The fourth-order valence-electron chi connectivity index (χ4n) is 2.60. The van der Waals surface area contributed by atoms with Crippen LogP contribution in [0.25, 0.3) is 0 Å². The highest BCUT2D eigenvalue weighted by Crippen LogP contribution is 2.17. The molecule has 0 saturated carbocycles. The molecule has 1 aliphatic rings. The first-order valence-electron chi connectivity index (χ1n) is 7.75. The second-order valence-corrected chi connectivity index (χ2v) is 5.71. The van der Waals surface area contributed by atoms with Crippen molar-refractivity contribution in [3.63, 3.8) is 0 Å². The lowest BCUT2D eigenvalue weighted by atomic mass is 10.1. The number of aromatic amines is 1. The summed E-state index contributed by atoms with van der Waals surface area (Å²) in [5, 5.41) is 10.9. The molecular weight excluding hydrogens is 340 g/mol. The molecule has 134 valence electrons. The monoisotopic (exact) mass is 356 g/mol. The molecule has 1 saturated heterocycles. The van der Waals surface area contributed by atoms with Crippen LogP contribution in [0.2, 0.25) is 0 Å². The molecule has 0 aliphatic carbocycles. The standard InChI is InChI=1S/C16H16N6O4/c17-16(26)20-12-4-2-1-3-10(12)13(23)19-9-7-22(8-9)15(25)11-5-6-18-21-14(11)24/h1-6,9H,7-8H2,(H,19,23)(H,21,24)(H3,17,20,26). The molecule has 0 spiro atoms. The van der Waals surface area contributed by atoms with Crippen LogP contribution in [-0.4, -0.2) is 52.1 Å². The van der Waals surface area contributed by atoms with E-state index in [1.54, 1.807) is 24.3 Å². The summed E-state index contributed by atoms with van der Waals surface area (Å²) in [4.78, 5) is 48.7. The zero-order valence-electron chi connectivity index (χ0n) is 13.6. The fourth-order valence-corrected chi connectivity index (χ4v) is 2.60. The van der Waals surface area contributed by atoms with Crippen LogP contribution in [0.1, 0.15) is 20.7 Å². The van der Waals surface area contributed by atoms with E-state index >= 15 is 0 Å². The van der Waals surface area contributed by atoms with Crippen molar-refractivity contribution in [1.29, 1.82) is 0 Å². The second kappa shape index (κ2) is 7.05. The molecule has 0 unspecified atom stereocenters. The van der Waals surface area contributed by atoms with E-state index in [2.05, 4.69) is 20.8 Å². The van der Waals surface area contributed by atoms with E-state index in [-0.39, 0.29) is 30.3 Å². The van der Waals surface area contributed by atoms with Crippen LogP contribution in [-0.2, 0) is 0 Å². The normalized spacial score (nSPS) is 13.6. The lowest BCUT2D eigenvalue weighted by Crippen LogP contribution is -2.61. The van der Waals surface area contributed by atoms with Crippen LogP contribution in [0.15, 0.2) is 41.3 Å². The molecule has 0 radical (unpaired) electrons. The highest BCUT2D eigenvalue weighted by atomic mass is 16.2. The van der Waals surface area contributed by atoms with Crippen LogP contribution < -0.4 is 21.9 Å². The van der Waals surface area contributed by atoms with Gasteiger partial charge in [0.25, 0.3) is 17.4 Å². The van der Waals surface area contributed by atoms with E-state index in [1.165, 1.54) is 17.2 Å². The highest BCUT2D eigenvalue weighted by molar-refractivity contribution is 6.03. The zero-order chi connectivity index (χ0) is 18.7. The molecule has 1 fully saturated rings. The van der Waals surface area contributed by atoms with Crippen LogP contribution >= 0.6 is 0 Å². The zero-order valence-corrected chi connectivity index (χ0v) is 13.6. The minimum Gasteiger partial charge on any atom is -0.351 e. The topological polar surface area (TPSA) is 150 Å². The first kappa shape index (κ1) is 17.1. The first-order valence-corrected chi connectivity index (χ1v) is 7.75. The summed E-state index contributed by atoms with van der Waals surface area (Å²) in [6, 6.07) is 6.76. The van der Waals surface area contributed by atoms with Crippen molar-refractivity contribution >= 4 is 23.5 Å². The second-order valence-electron chi connectivity index (χ2n) is 5.71. The largest absolute Gasteiger partial charge is 0.351 e. The molecule has 2 aromatic rings. The van der Waals surface area contributed by atoms with Crippen molar-refractivity contribution < 1.29 is 14.4 Å². The molecule has 10 nitrogen and oxygen atoms in total. The molecule has 0 atom stereocenters. The fraction of sp³-hybridized carbons (Fsp3) is 0.188. The third-order valence-corrected chi connectivity index (χ3v) is 3.89. The maximum absolute atomic E-state index is 12.4. The van der Waals surface area contributed by atoms with Crippen molar-refractivity contribution in [2.24, 2.45) is 5.73 Å². The van der Waals surface area contributed by atoms with E-state index in [9.17, 15) is 19.2 Å². The van der Waals surface area contributed by atoms with E-state index in [1.807, 2.05) is 0 Å². The minimum atomic E-state index is -0.770. The molecule has 3 rings (SSSR count). The summed E-state index contributed by atoms with van der Waals surface area (Å²) in [7, 11) is 0. The van der Waals surface area contributed by atoms with Crippen molar-refractivity contribution in [2.75, 3.05) is 18.4 Å². The van der Waals surface area contributed by atoms with Crippen LogP contribution in [0, 0.1) is 0 Å². The number of likely N-dealkylation sites (tertiary alicyclic amines) is 1. The van der Waals surface area contributed by atoms with Gasteiger partial charge in [0.15, 0.2) is 0 Å². The van der Waals surface area contributed by atoms with Crippen molar-refractivity contribution in [2.45, 2.75) is 6.04 Å². The Morgan fingerprint density at radius 3 is 2.58 bits per heavy atom. The Morgan fingerprint density at radius 2 is 1.88 bits per heavy atom. The van der Waals surface area contributed by atoms with Gasteiger partial charge < -0.3 is 21.3 Å². The number of carbonyl (C=O) groups excluding carboxylic acids is 3. The van der Waals surface area contributed by atoms with E-state index in [0.717, 1.165) is 0 Å². The van der Waals surface area contributed by atoms with E-state index < -0.39 is 23.4 Å². The number of rotatable bonds is 4. The number of anilines is 1. The Kier molecular flexibility index (Phi) is 4.65. The Balaban J connectivity index is 1.60. The molecule has 2 heterocycles. The highest BCUT2D eigenvalue weighted by Gasteiger charge is 2.33. The smallest absolute Gasteiger partial charge is 0.316 e. The summed E-state index contributed by atoms with van der Waals surface area (Å²) in [5.74, 6) is -0.817. The van der Waals surface area contributed by atoms with Gasteiger partial charge in [-0.15, -0.1) is 0 Å². The van der Waals surface area contributed by atoms with Gasteiger partial charge in [-0.05, 0) is 18.2 Å². The molecule has 1 aliphatic heterocycles. The Bertz CT molecular complexity index is 919. The molecule has 1 aromatic heterocycles. The third-order valence-electron chi connectivity index (χ3n) is 3.89. The molecule has 5 N–H and O–H groups in total. The molecule has 4 amide bonds. The number of hydrogen-bond acceptors (Lipinski definition) is 5. The number of benzene rings is 1. The Morgan fingerprint density at radius 1 is 1.15 bits per heavy atom. The van der Waals surface area contributed by atoms with Gasteiger partial charge in [0.1, 0.15) is 5.56 Å². The van der Waals surface area contributed by atoms with Gasteiger partial charge in [0.2, 0.25) is 0 Å². The minimum absolute atomic E-state index is 0.000723. The number of nitrogens with two attached hydrogens (primary N) is 1. The number of hydrogen-bond donors (Lipinski definition) is 4. The summed E-state index contributed by atoms with van der Waals surface area (Å²) >= 11 is 0. The predicted molar refractivity (Wildman–Crippen MR) is 91.7 cm³/mol. The molecular formula is C16H16N6O4. The van der Waals surface area contributed by atoms with Crippen LogP contribution in [0.3, 0.4) is 0 Å². The Hall–Kier alpha value is -3.69. The SMILES string of the molecule is NC(=O)Nc1ccccc1C(=O)NC1CN(C(=O)c2ccn[nH]c2=O)C1. The van der Waals surface area contributed by atoms with Gasteiger partial charge in [0.05, 0.1) is 17.3 Å². The van der Waals surface area contributed by atoms with E-state index in [4.69, 9.17) is 5.73 Å². The number of amides is 4. The quantitative estimate of drug-likeness (QED) is 0.583.